The minimum atomic E-state index is -4.75. The van der Waals surface area contributed by atoms with Crippen LogP contribution in [0.5, 0.6) is 11.5 Å². The number of ether oxygens (including phenoxy) is 2. The maximum atomic E-state index is 13.4. The predicted molar refractivity (Wildman–Crippen MR) is 100 cm³/mol. The number of methoxy groups -OCH3 is 1. The van der Waals surface area contributed by atoms with E-state index in [9.17, 15) is 17.6 Å². The Morgan fingerprint density at radius 1 is 1.12 bits per heavy atom. The molecule has 0 aliphatic carbocycles. The molecule has 2 aromatic rings. The lowest BCUT2D eigenvalue weighted by molar-refractivity contribution is -0.274. The molecule has 2 aromatic carbocycles. The summed E-state index contributed by atoms with van der Waals surface area (Å²) in [6.07, 6.45) is -4.75. The van der Waals surface area contributed by atoms with Crippen molar-refractivity contribution in [1.29, 1.82) is 0 Å². The molecule has 0 fully saturated rings. The van der Waals surface area contributed by atoms with E-state index >= 15 is 0 Å². The van der Waals surface area contributed by atoms with Gasteiger partial charge in [-0.05, 0) is 42.0 Å². The van der Waals surface area contributed by atoms with Gasteiger partial charge in [-0.2, -0.15) is 0 Å². The fourth-order valence-electron chi connectivity index (χ4n) is 1.93. The third kappa shape index (κ3) is 7.33. The summed E-state index contributed by atoms with van der Waals surface area (Å²) in [4.78, 5) is 4.04. The van der Waals surface area contributed by atoms with Gasteiger partial charge in [0.2, 0.25) is 0 Å². The lowest BCUT2D eigenvalue weighted by atomic mass is 10.2. The van der Waals surface area contributed by atoms with E-state index in [1.54, 1.807) is 6.07 Å². The van der Waals surface area contributed by atoms with Crippen LogP contribution in [0.25, 0.3) is 0 Å². The molecule has 0 atom stereocenters. The molecule has 5 nitrogen and oxygen atoms in total. The highest BCUT2D eigenvalue weighted by Crippen LogP contribution is 2.24. The molecule has 3 N–H and O–H groups in total. The van der Waals surface area contributed by atoms with E-state index in [1.165, 1.54) is 31.4 Å². The average Bonchev–Trinajstić information content (AvgIpc) is 2.53. The Balaban J connectivity index is 0.00000338. The Labute approximate surface area is 164 Å². The van der Waals surface area contributed by atoms with Crippen molar-refractivity contribution in [3.8, 4) is 11.5 Å². The molecule has 10 heteroatoms. The number of nitrogens with one attached hydrogen (secondary N) is 1. The van der Waals surface area contributed by atoms with E-state index < -0.39 is 12.2 Å². The van der Waals surface area contributed by atoms with Crippen molar-refractivity contribution in [2.24, 2.45) is 10.7 Å². The van der Waals surface area contributed by atoms with E-state index in [4.69, 9.17) is 10.5 Å². The Bertz CT molecular complexity index is 752. The van der Waals surface area contributed by atoms with Gasteiger partial charge in [0, 0.05) is 11.8 Å². The van der Waals surface area contributed by atoms with Gasteiger partial charge in [0.15, 0.2) is 5.96 Å². The molecule has 0 aliphatic rings. The Kier molecular flexibility index (Phi) is 7.93. The second kappa shape index (κ2) is 9.46. The third-order valence-electron chi connectivity index (χ3n) is 2.96. The van der Waals surface area contributed by atoms with Crippen LogP contribution in [-0.2, 0) is 6.54 Å². The molecule has 2 rings (SSSR count). The van der Waals surface area contributed by atoms with Crippen molar-refractivity contribution >= 4 is 35.6 Å². The number of nitrogens with two attached hydrogens (primary N) is 1. The van der Waals surface area contributed by atoms with Crippen molar-refractivity contribution in [3.05, 3.63) is 53.8 Å². The number of guanidine groups is 1. The molecule has 0 unspecified atom stereocenters. The molecule has 0 spiro atoms. The smallest absolute Gasteiger partial charge is 0.497 e. The summed E-state index contributed by atoms with van der Waals surface area (Å²) in [5.41, 5.74) is 6.68. The van der Waals surface area contributed by atoms with Crippen LogP contribution < -0.4 is 20.5 Å². The zero-order chi connectivity index (χ0) is 18.4. The number of aliphatic imine (C=N–C) groups is 1. The lowest BCUT2D eigenvalue weighted by Crippen LogP contribution is -2.22. The van der Waals surface area contributed by atoms with Gasteiger partial charge >= 0.3 is 6.36 Å². The molecule has 0 amide bonds. The first-order valence-corrected chi connectivity index (χ1v) is 7.01. The molecule has 26 heavy (non-hydrogen) atoms. The van der Waals surface area contributed by atoms with Crippen LogP contribution in [0.15, 0.2) is 47.5 Å². The first kappa shape index (κ1) is 21.8. The largest absolute Gasteiger partial charge is 0.573 e. The number of rotatable bonds is 5. The topological polar surface area (TPSA) is 68.9 Å². The third-order valence-corrected chi connectivity index (χ3v) is 2.96. The second-order valence-electron chi connectivity index (χ2n) is 4.90. The number of alkyl halides is 3. The molecular formula is C16H16F4IN3O2. The summed E-state index contributed by atoms with van der Waals surface area (Å²) in [7, 11) is 1.42. The standard InChI is InChI=1S/C16H15F4N3O2.HI/c1-24-14-7-10(6-11(17)8-14)9-22-15(21)23-12-2-4-13(5-3-12)25-16(18,19)20;/h2-8H,9H2,1H3,(H3,21,22,23);1H. The molecule has 0 saturated heterocycles. The highest BCUT2D eigenvalue weighted by Gasteiger charge is 2.30. The minimum absolute atomic E-state index is 0. The number of nitrogens with zero attached hydrogens (tertiary/aromatic N) is 1. The molecular weight excluding hydrogens is 469 g/mol. The van der Waals surface area contributed by atoms with Crippen LogP contribution in [0.1, 0.15) is 5.56 Å². The van der Waals surface area contributed by atoms with Crippen LogP contribution in [0.3, 0.4) is 0 Å². The Morgan fingerprint density at radius 3 is 2.35 bits per heavy atom. The summed E-state index contributed by atoms with van der Waals surface area (Å²) in [6.45, 7) is 0.0994. The van der Waals surface area contributed by atoms with Crippen LogP contribution in [0.4, 0.5) is 23.2 Å². The van der Waals surface area contributed by atoms with Crippen LogP contribution in [0.2, 0.25) is 0 Å². The van der Waals surface area contributed by atoms with E-state index in [-0.39, 0.29) is 42.2 Å². The molecule has 0 saturated carbocycles. The first-order valence-electron chi connectivity index (χ1n) is 7.01. The zero-order valence-electron chi connectivity index (χ0n) is 13.5. The Hall–Kier alpha value is -2.24. The number of halogens is 5. The van der Waals surface area contributed by atoms with E-state index in [2.05, 4.69) is 15.0 Å². The van der Waals surface area contributed by atoms with Gasteiger partial charge in [-0.25, -0.2) is 9.38 Å². The second-order valence-corrected chi connectivity index (χ2v) is 4.90. The summed E-state index contributed by atoms with van der Waals surface area (Å²) in [5, 5.41) is 2.71. The number of hydrogen-bond donors (Lipinski definition) is 2. The summed E-state index contributed by atoms with van der Waals surface area (Å²) in [5.74, 6) is -0.429. The van der Waals surface area contributed by atoms with Crippen molar-refractivity contribution in [3.63, 3.8) is 0 Å². The normalized spacial score (nSPS) is 11.5. The van der Waals surface area contributed by atoms with Gasteiger partial charge in [-0.3, -0.25) is 0 Å². The van der Waals surface area contributed by atoms with E-state index in [0.717, 1.165) is 12.1 Å². The molecule has 0 bridgehead atoms. The van der Waals surface area contributed by atoms with Crippen molar-refractivity contribution in [2.45, 2.75) is 12.9 Å². The summed E-state index contributed by atoms with van der Waals surface area (Å²) < 4.78 is 58.3. The zero-order valence-corrected chi connectivity index (χ0v) is 15.8. The van der Waals surface area contributed by atoms with E-state index in [0.29, 0.717) is 17.0 Å². The maximum Gasteiger partial charge on any atom is 0.573 e. The predicted octanol–water partition coefficient (Wildman–Crippen LogP) is 4.28. The van der Waals surface area contributed by atoms with Crippen molar-refractivity contribution in [1.82, 2.24) is 0 Å². The summed E-state index contributed by atoms with van der Waals surface area (Å²) in [6, 6.07) is 9.13. The van der Waals surface area contributed by atoms with Crippen LogP contribution in [-0.4, -0.2) is 19.4 Å². The lowest BCUT2D eigenvalue weighted by Gasteiger charge is -2.10. The average molecular weight is 485 g/mol. The van der Waals surface area contributed by atoms with Crippen molar-refractivity contribution < 1.29 is 27.0 Å². The monoisotopic (exact) mass is 485 g/mol. The minimum Gasteiger partial charge on any atom is -0.497 e. The fourth-order valence-corrected chi connectivity index (χ4v) is 1.93. The quantitative estimate of drug-likeness (QED) is 0.287. The number of anilines is 1. The van der Waals surface area contributed by atoms with Gasteiger partial charge in [-0.1, -0.05) is 0 Å². The van der Waals surface area contributed by atoms with Crippen LogP contribution >= 0.6 is 24.0 Å². The fraction of sp³-hybridized carbons (Fsp3) is 0.188. The van der Waals surface area contributed by atoms with Crippen LogP contribution in [0, 0.1) is 5.82 Å². The van der Waals surface area contributed by atoms with Gasteiger partial charge in [0.05, 0.1) is 13.7 Å². The SMILES string of the molecule is COc1cc(F)cc(CN=C(N)Nc2ccc(OC(F)(F)F)cc2)c1.I. The van der Waals surface area contributed by atoms with Gasteiger partial charge in [-0.15, -0.1) is 37.1 Å². The highest BCUT2D eigenvalue weighted by atomic mass is 127. The number of benzene rings is 2. The molecule has 0 heterocycles. The maximum absolute atomic E-state index is 13.4. The summed E-state index contributed by atoms with van der Waals surface area (Å²) >= 11 is 0. The first-order chi connectivity index (χ1) is 11.7. The Morgan fingerprint density at radius 2 is 1.77 bits per heavy atom. The highest BCUT2D eigenvalue weighted by molar-refractivity contribution is 14.0. The van der Waals surface area contributed by atoms with Gasteiger partial charge < -0.3 is 20.5 Å². The number of hydrogen-bond acceptors (Lipinski definition) is 3. The van der Waals surface area contributed by atoms with E-state index in [1.807, 2.05) is 0 Å². The molecule has 0 aliphatic heterocycles. The molecule has 0 aromatic heterocycles. The van der Waals surface area contributed by atoms with Crippen molar-refractivity contribution in [2.75, 3.05) is 12.4 Å². The van der Waals surface area contributed by atoms with Gasteiger partial charge in [0.1, 0.15) is 17.3 Å². The molecule has 0 radical (unpaired) electrons. The van der Waals surface area contributed by atoms with Gasteiger partial charge in [0.25, 0.3) is 0 Å². The molecule has 142 valence electrons.